The van der Waals surface area contributed by atoms with Crippen molar-refractivity contribution in [1.82, 2.24) is 4.90 Å². The fraction of sp³-hybridized carbons (Fsp3) is 0.364. The fourth-order valence-corrected chi connectivity index (χ4v) is 2.73. The molecule has 0 bridgehead atoms. The highest BCUT2D eigenvalue weighted by Gasteiger charge is 2.11. The van der Waals surface area contributed by atoms with Crippen molar-refractivity contribution in [2.45, 2.75) is 25.7 Å². The van der Waals surface area contributed by atoms with Crippen molar-refractivity contribution in [2.24, 2.45) is 0 Å². The number of ketones is 1. The first-order chi connectivity index (χ1) is 13.0. The molecule has 0 fully saturated rings. The Hall–Kier alpha value is -2.82. The van der Waals surface area contributed by atoms with Crippen LogP contribution in [0.1, 0.15) is 35.2 Å². The molecule has 0 saturated carbocycles. The van der Waals surface area contributed by atoms with Crippen LogP contribution in [-0.2, 0) is 11.2 Å². The highest BCUT2D eigenvalue weighted by atomic mass is 16.5. The van der Waals surface area contributed by atoms with Gasteiger partial charge in [-0.1, -0.05) is 12.1 Å². The zero-order valence-corrected chi connectivity index (χ0v) is 16.2. The van der Waals surface area contributed by atoms with E-state index in [0.29, 0.717) is 31.4 Å². The second kappa shape index (κ2) is 10.4. The van der Waals surface area contributed by atoms with E-state index in [4.69, 9.17) is 9.47 Å². The highest BCUT2D eigenvalue weighted by Crippen LogP contribution is 2.15. The molecule has 144 valence electrons. The summed E-state index contributed by atoms with van der Waals surface area (Å²) in [5.41, 5.74) is 1.81. The fourth-order valence-electron chi connectivity index (χ4n) is 2.73. The van der Waals surface area contributed by atoms with Crippen molar-refractivity contribution < 1.29 is 19.1 Å². The van der Waals surface area contributed by atoms with Gasteiger partial charge in [-0.3, -0.25) is 9.59 Å². The van der Waals surface area contributed by atoms with E-state index in [1.807, 2.05) is 24.3 Å². The molecule has 0 N–H and O–H groups in total. The number of ether oxygens (including phenoxy) is 2. The van der Waals surface area contributed by atoms with Gasteiger partial charge in [-0.25, -0.2) is 0 Å². The molecule has 2 rings (SSSR count). The van der Waals surface area contributed by atoms with E-state index in [-0.39, 0.29) is 11.7 Å². The number of hydrogen-bond donors (Lipinski definition) is 0. The summed E-state index contributed by atoms with van der Waals surface area (Å²) in [6.07, 6.45) is 2.08. The van der Waals surface area contributed by atoms with Crippen LogP contribution in [-0.4, -0.2) is 44.4 Å². The molecular weight excluding hydrogens is 342 g/mol. The van der Waals surface area contributed by atoms with Crippen molar-refractivity contribution in [3.8, 4) is 11.5 Å². The topological polar surface area (TPSA) is 55.8 Å². The van der Waals surface area contributed by atoms with Crippen LogP contribution in [0.2, 0.25) is 0 Å². The SMILES string of the molecule is COc1ccc(CCN(C)C(=O)CCCC(=O)c2ccc(OC)cc2)cc1. The first-order valence-electron chi connectivity index (χ1n) is 9.07. The Labute approximate surface area is 160 Å². The summed E-state index contributed by atoms with van der Waals surface area (Å²) < 4.78 is 10.2. The third-order valence-corrected chi connectivity index (χ3v) is 4.53. The van der Waals surface area contributed by atoms with Gasteiger partial charge in [-0.2, -0.15) is 0 Å². The van der Waals surface area contributed by atoms with Crippen molar-refractivity contribution in [3.63, 3.8) is 0 Å². The Bertz CT molecular complexity index is 738. The van der Waals surface area contributed by atoms with E-state index in [9.17, 15) is 9.59 Å². The molecule has 5 heteroatoms. The molecular formula is C22H27NO4. The summed E-state index contributed by atoms with van der Waals surface area (Å²) in [7, 11) is 5.03. The van der Waals surface area contributed by atoms with E-state index in [2.05, 4.69) is 0 Å². The van der Waals surface area contributed by atoms with Gasteiger partial charge in [0.15, 0.2) is 5.78 Å². The normalized spacial score (nSPS) is 10.3. The van der Waals surface area contributed by atoms with Crippen LogP contribution in [0.5, 0.6) is 11.5 Å². The first-order valence-corrected chi connectivity index (χ1v) is 9.07. The lowest BCUT2D eigenvalue weighted by atomic mass is 10.0. The molecule has 0 unspecified atom stereocenters. The van der Waals surface area contributed by atoms with Gasteiger partial charge in [-0.05, 0) is 54.8 Å². The zero-order chi connectivity index (χ0) is 19.6. The van der Waals surface area contributed by atoms with Crippen LogP contribution in [0, 0.1) is 0 Å². The Morgan fingerprint density at radius 1 is 0.852 bits per heavy atom. The van der Waals surface area contributed by atoms with Crippen LogP contribution in [0.3, 0.4) is 0 Å². The molecule has 0 saturated heterocycles. The highest BCUT2D eigenvalue weighted by molar-refractivity contribution is 5.96. The average molecular weight is 369 g/mol. The standard InChI is InChI=1S/C22H27NO4/c1-23(16-15-17-7-11-19(26-2)12-8-17)22(25)6-4-5-21(24)18-9-13-20(27-3)14-10-18/h7-14H,4-6,15-16H2,1-3H3. The number of likely N-dealkylation sites (N-methyl/N-ethyl adjacent to an activating group) is 1. The van der Waals surface area contributed by atoms with Crippen LogP contribution >= 0.6 is 0 Å². The lowest BCUT2D eigenvalue weighted by Crippen LogP contribution is -2.28. The van der Waals surface area contributed by atoms with E-state index >= 15 is 0 Å². The molecule has 0 aliphatic rings. The number of amides is 1. The minimum absolute atomic E-state index is 0.0475. The van der Waals surface area contributed by atoms with Crippen LogP contribution < -0.4 is 9.47 Å². The minimum atomic E-state index is 0.0475. The molecule has 27 heavy (non-hydrogen) atoms. The summed E-state index contributed by atoms with van der Waals surface area (Å²) >= 11 is 0. The number of benzene rings is 2. The van der Waals surface area contributed by atoms with Crippen molar-refractivity contribution in [2.75, 3.05) is 27.8 Å². The van der Waals surface area contributed by atoms with Crippen LogP contribution in [0.4, 0.5) is 0 Å². The lowest BCUT2D eigenvalue weighted by molar-refractivity contribution is -0.129. The monoisotopic (exact) mass is 369 g/mol. The second-order valence-corrected chi connectivity index (χ2v) is 6.42. The van der Waals surface area contributed by atoms with E-state index in [0.717, 1.165) is 23.5 Å². The number of nitrogens with zero attached hydrogens (tertiary/aromatic N) is 1. The van der Waals surface area contributed by atoms with E-state index in [1.54, 1.807) is 50.4 Å². The molecule has 2 aromatic carbocycles. The minimum Gasteiger partial charge on any atom is -0.497 e. The number of hydrogen-bond acceptors (Lipinski definition) is 4. The summed E-state index contributed by atoms with van der Waals surface area (Å²) in [5, 5.41) is 0. The largest absolute Gasteiger partial charge is 0.497 e. The maximum atomic E-state index is 12.2. The number of carbonyl (C=O) groups is 2. The third kappa shape index (κ3) is 6.44. The zero-order valence-electron chi connectivity index (χ0n) is 16.2. The Balaban J connectivity index is 1.71. The maximum absolute atomic E-state index is 12.2. The van der Waals surface area contributed by atoms with Crippen molar-refractivity contribution in [3.05, 3.63) is 59.7 Å². The van der Waals surface area contributed by atoms with Crippen molar-refractivity contribution >= 4 is 11.7 Å². The van der Waals surface area contributed by atoms with Gasteiger partial charge in [0.1, 0.15) is 11.5 Å². The van der Waals surface area contributed by atoms with Crippen LogP contribution in [0.25, 0.3) is 0 Å². The van der Waals surface area contributed by atoms with Gasteiger partial charge in [0, 0.05) is 32.0 Å². The smallest absolute Gasteiger partial charge is 0.222 e. The van der Waals surface area contributed by atoms with Gasteiger partial charge in [-0.15, -0.1) is 0 Å². The second-order valence-electron chi connectivity index (χ2n) is 6.42. The lowest BCUT2D eigenvalue weighted by Gasteiger charge is -2.17. The number of carbonyl (C=O) groups excluding carboxylic acids is 2. The van der Waals surface area contributed by atoms with Gasteiger partial charge in [0.25, 0.3) is 0 Å². The summed E-state index contributed by atoms with van der Waals surface area (Å²) in [4.78, 5) is 26.2. The molecule has 0 aromatic heterocycles. The summed E-state index contributed by atoms with van der Waals surface area (Å²) in [5.74, 6) is 1.65. The molecule has 1 amide bonds. The number of methoxy groups -OCH3 is 2. The molecule has 0 aliphatic carbocycles. The molecule has 2 aromatic rings. The van der Waals surface area contributed by atoms with Gasteiger partial charge >= 0.3 is 0 Å². The number of rotatable bonds is 10. The maximum Gasteiger partial charge on any atom is 0.222 e. The molecule has 0 spiro atoms. The average Bonchev–Trinajstić information content (AvgIpc) is 2.72. The van der Waals surface area contributed by atoms with Crippen LogP contribution in [0.15, 0.2) is 48.5 Å². The van der Waals surface area contributed by atoms with Gasteiger partial charge < -0.3 is 14.4 Å². The molecule has 0 radical (unpaired) electrons. The first kappa shape index (κ1) is 20.5. The Morgan fingerprint density at radius 3 is 1.96 bits per heavy atom. The predicted octanol–water partition coefficient (Wildman–Crippen LogP) is 3.76. The van der Waals surface area contributed by atoms with Crippen molar-refractivity contribution in [1.29, 1.82) is 0 Å². The summed E-state index contributed by atoms with van der Waals surface area (Å²) in [6.45, 7) is 0.650. The Kier molecular flexibility index (Phi) is 7.86. The van der Waals surface area contributed by atoms with Gasteiger partial charge in [0.2, 0.25) is 5.91 Å². The predicted molar refractivity (Wildman–Crippen MR) is 106 cm³/mol. The van der Waals surface area contributed by atoms with Gasteiger partial charge in [0.05, 0.1) is 14.2 Å². The Morgan fingerprint density at radius 2 is 1.41 bits per heavy atom. The third-order valence-electron chi connectivity index (χ3n) is 4.53. The quantitative estimate of drug-likeness (QED) is 0.599. The van der Waals surface area contributed by atoms with E-state index in [1.165, 1.54) is 0 Å². The molecule has 0 atom stereocenters. The molecule has 0 heterocycles. The molecule has 0 aliphatic heterocycles. The van der Waals surface area contributed by atoms with E-state index < -0.39 is 0 Å². The number of Topliss-reactive ketones (excluding diaryl/α,β-unsaturated/α-hetero) is 1. The molecule has 5 nitrogen and oxygen atoms in total. The summed E-state index contributed by atoms with van der Waals surface area (Å²) in [6, 6.07) is 14.9.